The van der Waals surface area contributed by atoms with Gasteiger partial charge in [-0.3, -0.25) is 4.79 Å². The molecule has 1 amide bonds. The summed E-state index contributed by atoms with van der Waals surface area (Å²) in [7, 11) is 0. The second kappa shape index (κ2) is 5.55. The minimum absolute atomic E-state index is 0.215. The molecule has 0 fully saturated rings. The van der Waals surface area contributed by atoms with Crippen molar-refractivity contribution in [3.05, 3.63) is 57.6 Å². The maximum Gasteiger partial charge on any atom is 0.255 e. The summed E-state index contributed by atoms with van der Waals surface area (Å²) in [4.78, 5) is 12.3. The number of nitrogens with two attached hydrogens (primary N) is 1. The minimum Gasteiger partial charge on any atom is -0.397 e. The average Bonchev–Trinajstić information content (AvgIpc) is 2.42. The first-order valence-corrected chi connectivity index (χ1v) is 6.71. The third kappa shape index (κ3) is 2.78. The molecule has 0 aliphatic rings. The molecule has 2 aromatic rings. The Bertz CT molecular complexity index is 680. The van der Waals surface area contributed by atoms with E-state index < -0.39 is 0 Å². The van der Waals surface area contributed by atoms with Crippen molar-refractivity contribution < 1.29 is 4.79 Å². The quantitative estimate of drug-likeness (QED) is 0.818. The molecule has 0 saturated heterocycles. The van der Waals surface area contributed by atoms with Crippen molar-refractivity contribution in [3.8, 4) is 0 Å². The van der Waals surface area contributed by atoms with Gasteiger partial charge in [0.2, 0.25) is 0 Å². The zero-order chi connectivity index (χ0) is 14.9. The van der Waals surface area contributed by atoms with Gasteiger partial charge in [-0.05, 0) is 55.7 Å². The van der Waals surface area contributed by atoms with Gasteiger partial charge in [0.25, 0.3) is 5.91 Å². The molecular weight excluding hydrogens is 272 g/mol. The number of benzene rings is 2. The van der Waals surface area contributed by atoms with Crippen molar-refractivity contribution in [2.24, 2.45) is 0 Å². The van der Waals surface area contributed by atoms with Crippen molar-refractivity contribution in [2.45, 2.75) is 20.8 Å². The van der Waals surface area contributed by atoms with Crippen LogP contribution in [-0.4, -0.2) is 5.91 Å². The molecule has 3 nitrogen and oxygen atoms in total. The Labute approximate surface area is 123 Å². The summed E-state index contributed by atoms with van der Waals surface area (Å²) in [5.74, 6) is -0.215. The highest BCUT2D eigenvalue weighted by Gasteiger charge is 2.12. The highest BCUT2D eigenvalue weighted by molar-refractivity contribution is 6.31. The fourth-order valence-corrected chi connectivity index (χ4v) is 2.10. The standard InChI is InChI=1S/C16H17ClN2O/c1-9-5-7-14(18)15(11(9)3)19-16(20)12-6-4-10(2)13(17)8-12/h4-8H,18H2,1-3H3,(H,19,20). The number of carbonyl (C=O) groups is 1. The van der Waals surface area contributed by atoms with E-state index in [-0.39, 0.29) is 5.91 Å². The first-order chi connectivity index (χ1) is 9.40. The largest absolute Gasteiger partial charge is 0.397 e. The summed E-state index contributed by atoms with van der Waals surface area (Å²) >= 11 is 6.04. The van der Waals surface area contributed by atoms with Crippen molar-refractivity contribution >= 4 is 28.9 Å². The third-order valence-electron chi connectivity index (χ3n) is 3.44. The van der Waals surface area contributed by atoms with E-state index in [1.165, 1.54) is 0 Å². The molecule has 4 heteroatoms. The molecular formula is C16H17ClN2O. The maximum absolute atomic E-state index is 12.3. The number of amides is 1. The van der Waals surface area contributed by atoms with Gasteiger partial charge < -0.3 is 11.1 Å². The van der Waals surface area contributed by atoms with Gasteiger partial charge in [0.1, 0.15) is 0 Å². The highest BCUT2D eigenvalue weighted by Crippen LogP contribution is 2.26. The first-order valence-electron chi connectivity index (χ1n) is 6.33. The van der Waals surface area contributed by atoms with Crippen LogP contribution in [0.4, 0.5) is 11.4 Å². The molecule has 20 heavy (non-hydrogen) atoms. The lowest BCUT2D eigenvalue weighted by Crippen LogP contribution is -2.14. The number of nitrogen functional groups attached to an aromatic ring is 1. The van der Waals surface area contributed by atoms with Crippen LogP contribution in [0.25, 0.3) is 0 Å². The lowest BCUT2D eigenvalue weighted by atomic mass is 10.1. The molecule has 0 spiro atoms. The second-order valence-electron chi connectivity index (χ2n) is 4.89. The van der Waals surface area contributed by atoms with Crippen molar-refractivity contribution in [3.63, 3.8) is 0 Å². The Morgan fingerprint density at radius 2 is 1.75 bits per heavy atom. The SMILES string of the molecule is Cc1ccc(C(=O)Nc2c(N)ccc(C)c2C)cc1Cl. The minimum atomic E-state index is -0.215. The number of halogens is 1. The molecule has 0 bridgehead atoms. The van der Waals surface area contributed by atoms with Crippen LogP contribution in [0.15, 0.2) is 30.3 Å². The summed E-state index contributed by atoms with van der Waals surface area (Å²) in [5.41, 5.74) is 10.6. The number of rotatable bonds is 2. The van der Waals surface area contributed by atoms with Crippen LogP contribution in [0.3, 0.4) is 0 Å². The van der Waals surface area contributed by atoms with Crippen LogP contribution >= 0.6 is 11.6 Å². The maximum atomic E-state index is 12.3. The average molecular weight is 289 g/mol. The molecule has 2 rings (SSSR count). The van der Waals surface area contributed by atoms with E-state index in [0.717, 1.165) is 16.7 Å². The summed E-state index contributed by atoms with van der Waals surface area (Å²) in [5, 5.41) is 3.44. The normalized spacial score (nSPS) is 10.4. The first kappa shape index (κ1) is 14.4. The van der Waals surface area contributed by atoms with Gasteiger partial charge in [0.15, 0.2) is 0 Å². The fourth-order valence-electron chi connectivity index (χ4n) is 1.92. The van der Waals surface area contributed by atoms with E-state index in [2.05, 4.69) is 5.32 Å². The zero-order valence-electron chi connectivity index (χ0n) is 11.8. The van der Waals surface area contributed by atoms with Crippen molar-refractivity contribution in [1.29, 1.82) is 0 Å². The van der Waals surface area contributed by atoms with E-state index in [0.29, 0.717) is 22.0 Å². The predicted octanol–water partition coefficient (Wildman–Crippen LogP) is 4.10. The molecule has 0 saturated carbocycles. The van der Waals surface area contributed by atoms with Crippen LogP contribution in [0.1, 0.15) is 27.0 Å². The molecule has 0 radical (unpaired) electrons. The van der Waals surface area contributed by atoms with E-state index in [9.17, 15) is 4.79 Å². The second-order valence-corrected chi connectivity index (χ2v) is 5.30. The number of hydrogen-bond acceptors (Lipinski definition) is 2. The Morgan fingerprint density at radius 1 is 1.10 bits per heavy atom. The van der Waals surface area contributed by atoms with Crippen LogP contribution < -0.4 is 11.1 Å². The third-order valence-corrected chi connectivity index (χ3v) is 3.85. The van der Waals surface area contributed by atoms with Crippen LogP contribution in [0.2, 0.25) is 5.02 Å². The van der Waals surface area contributed by atoms with Gasteiger partial charge in [0.05, 0.1) is 11.4 Å². The number of anilines is 2. The van der Waals surface area contributed by atoms with Gasteiger partial charge in [-0.2, -0.15) is 0 Å². The van der Waals surface area contributed by atoms with E-state index in [1.54, 1.807) is 18.2 Å². The molecule has 0 heterocycles. The van der Waals surface area contributed by atoms with Crippen molar-refractivity contribution in [2.75, 3.05) is 11.1 Å². The molecule has 0 aliphatic heterocycles. The molecule has 104 valence electrons. The van der Waals surface area contributed by atoms with Gasteiger partial charge >= 0.3 is 0 Å². The van der Waals surface area contributed by atoms with Crippen LogP contribution in [-0.2, 0) is 0 Å². The van der Waals surface area contributed by atoms with Gasteiger partial charge in [0, 0.05) is 10.6 Å². The van der Waals surface area contributed by atoms with Crippen LogP contribution in [0.5, 0.6) is 0 Å². The summed E-state index contributed by atoms with van der Waals surface area (Å²) in [6.07, 6.45) is 0. The smallest absolute Gasteiger partial charge is 0.255 e. The Balaban J connectivity index is 2.32. The lowest BCUT2D eigenvalue weighted by Gasteiger charge is -2.13. The zero-order valence-corrected chi connectivity index (χ0v) is 12.5. The number of aryl methyl sites for hydroxylation is 2. The summed E-state index contributed by atoms with van der Waals surface area (Å²) in [6.45, 7) is 5.81. The number of nitrogens with one attached hydrogen (secondary N) is 1. The monoisotopic (exact) mass is 288 g/mol. The highest BCUT2D eigenvalue weighted by atomic mass is 35.5. The Hall–Kier alpha value is -2.00. The van der Waals surface area contributed by atoms with Gasteiger partial charge in [-0.1, -0.05) is 23.7 Å². The molecule has 3 N–H and O–H groups in total. The van der Waals surface area contributed by atoms with E-state index >= 15 is 0 Å². The Kier molecular flexibility index (Phi) is 4.00. The van der Waals surface area contributed by atoms with Gasteiger partial charge in [-0.15, -0.1) is 0 Å². The molecule has 0 atom stereocenters. The number of carbonyl (C=O) groups excluding carboxylic acids is 1. The Morgan fingerprint density at radius 3 is 2.40 bits per heavy atom. The lowest BCUT2D eigenvalue weighted by molar-refractivity contribution is 0.102. The molecule has 0 aliphatic carbocycles. The van der Waals surface area contributed by atoms with Crippen LogP contribution in [0, 0.1) is 20.8 Å². The fraction of sp³-hybridized carbons (Fsp3) is 0.188. The van der Waals surface area contributed by atoms with Crippen molar-refractivity contribution in [1.82, 2.24) is 0 Å². The summed E-state index contributed by atoms with van der Waals surface area (Å²) in [6, 6.07) is 8.96. The topological polar surface area (TPSA) is 55.1 Å². The molecule has 0 unspecified atom stereocenters. The predicted molar refractivity (Wildman–Crippen MR) is 84.5 cm³/mol. The molecule has 2 aromatic carbocycles. The van der Waals surface area contributed by atoms with E-state index in [1.807, 2.05) is 32.9 Å². The summed E-state index contributed by atoms with van der Waals surface area (Å²) < 4.78 is 0. The molecule has 0 aromatic heterocycles. The van der Waals surface area contributed by atoms with E-state index in [4.69, 9.17) is 17.3 Å². The number of hydrogen-bond donors (Lipinski definition) is 2. The van der Waals surface area contributed by atoms with Gasteiger partial charge in [-0.25, -0.2) is 0 Å².